The second-order valence-corrected chi connectivity index (χ2v) is 4.88. The van der Waals surface area contributed by atoms with E-state index in [0.717, 1.165) is 26.1 Å². The molecule has 1 fully saturated rings. The number of carbonyl (C=O) groups is 1. The molecule has 18 heavy (non-hydrogen) atoms. The molecular weight excluding hydrogens is 226 g/mol. The molecule has 1 aliphatic heterocycles. The Bertz CT molecular complexity index is 377. The smallest absolute Gasteiger partial charge is 0.305 e. The van der Waals surface area contributed by atoms with Crippen LogP contribution in [0.1, 0.15) is 30.7 Å². The summed E-state index contributed by atoms with van der Waals surface area (Å²) in [4.78, 5) is 13.5. The van der Waals surface area contributed by atoms with Gasteiger partial charge in [0.1, 0.15) is 0 Å². The maximum absolute atomic E-state index is 11.0. The van der Waals surface area contributed by atoms with E-state index < -0.39 is 0 Å². The first-order chi connectivity index (χ1) is 8.79. The molecule has 1 atom stereocenters. The van der Waals surface area contributed by atoms with Crippen LogP contribution < -0.4 is 0 Å². The van der Waals surface area contributed by atoms with Crippen LogP contribution in [0.5, 0.6) is 0 Å². The maximum Gasteiger partial charge on any atom is 0.305 e. The highest BCUT2D eigenvalue weighted by atomic mass is 16.5. The zero-order chi connectivity index (χ0) is 12.8. The van der Waals surface area contributed by atoms with Crippen LogP contribution in [-0.4, -0.2) is 37.6 Å². The van der Waals surface area contributed by atoms with Gasteiger partial charge in [-0.05, 0) is 37.4 Å². The van der Waals surface area contributed by atoms with E-state index in [1.807, 2.05) is 0 Å². The minimum absolute atomic E-state index is 0.103. The van der Waals surface area contributed by atoms with Gasteiger partial charge in [-0.1, -0.05) is 30.3 Å². The minimum Gasteiger partial charge on any atom is -0.469 e. The molecule has 0 saturated carbocycles. The summed E-state index contributed by atoms with van der Waals surface area (Å²) in [6.45, 7) is 3.25. The van der Waals surface area contributed by atoms with E-state index >= 15 is 0 Å². The Morgan fingerprint density at radius 2 is 2.17 bits per heavy atom. The van der Waals surface area contributed by atoms with Crippen LogP contribution in [0.3, 0.4) is 0 Å². The van der Waals surface area contributed by atoms with Crippen molar-refractivity contribution in [3.05, 3.63) is 35.9 Å². The van der Waals surface area contributed by atoms with Gasteiger partial charge in [-0.15, -0.1) is 0 Å². The Labute approximate surface area is 109 Å². The number of benzene rings is 1. The number of rotatable bonds is 5. The summed E-state index contributed by atoms with van der Waals surface area (Å²) in [5.74, 6) is 0.554. The number of nitrogens with zero attached hydrogens (tertiary/aromatic N) is 1. The lowest BCUT2D eigenvalue weighted by molar-refractivity contribution is -0.140. The first-order valence-electron chi connectivity index (χ1n) is 6.63. The fourth-order valence-electron chi connectivity index (χ4n) is 2.58. The summed E-state index contributed by atoms with van der Waals surface area (Å²) < 4.78 is 4.65. The van der Waals surface area contributed by atoms with E-state index in [2.05, 4.69) is 40.0 Å². The van der Waals surface area contributed by atoms with Gasteiger partial charge in [0.05, 0.1) is 7.11 Å². The molecule has 3 heteroatoms. The van der Waals surface area contributed by atoms with Gasteiger partial charge < -0.3 is 9.64 Å². The lowest BCUT2D eigenvalue weighted by atomic mass is 9.99. The van der Waals surface area contributed by atoms with E-state index in [1.165, 1.54) is 19.1 Å². The molecule has 98 valence electrons. The molecule has 0 bridgehead atoms. The fraction of sp³-hybridized carbons (Fsp3) is 0.533. The van der Waals surface area contributed by atoms with Crippen LogP contribution in [0.15, 0.2) is 30.3 Å². The van der Waals surface area contributed by atoms with E-state index in [4.69, 9.17) is 0 Å². The van der Waals surface area contributed by atoms with Crippen molar-refractivity contribution >= 4 is 5.97 Å². The number of likely N-dealkylation sites (tertiary alicyclic amines) is 1. The second-order valence-electron chi connectivity index (χ2n) is 4.88. The Balaban J connectivity index is 1.74. The predicted octanol–water partition coefficient (Wildman–Crippen LogP) is 2.43. The topological polar surface area (TPSA) is 29.5 Å². The van der Waals surface area contributed by atoms with E-state index in [-0.39, 0.29) is 5.97 Å². The number of carbonyl (C=O) groups excluding carboxylic acids is 1. The first-order valence-corrected chi connectivity index (χ1v) is 6.63. The molecule has 0 N–H and O–H groups in total. The van der Waals surface area contributed by atoms with Gasteiger partial charge in [0.2, 0.25) is 0 Å². The molecule has 1 heterocycles. The molecule has 1 aromatic carbocycles. The lowest BCUT2D eigenvalue weighted by Crippen LogP contribution is -2.22. The Hall–Kier alpha value is -1.35. The van der Waals surface area contributed by atoms with Crippen molar-refractivity contribution in [2.75, 3.05) is 26.7 Å². The quantitative estimate of drug-likeness (QED) is 0.748. The Kier molecular flexibility index (Phi) is 4.76. The van der Waals surface area contributed by atoms with Crippen molar-refractivity contribution in [3.63, 3.8) is 0 Å². The molecule has 1 aromatic rings. The molecule has 1 saturated heterocycles. The lowest BCUT2D eigenvalue weighted by Gasteiger charge is -2.15. The van der Waals surface area contributed by atoms with Gasteiger partial charge >= 0.3 is 5.97 Å². The van der Waals surface area contributed by atoms with Crippen LogP contribution in [0.4, 0.5) is 0 Å². The molecular formula is C15H21NO2. The molecule has 1 aliphatic rings. The molecule has 2 rings (SSSR count). The van der Waals surface area contributed by atoms with Gasteiger partial charge in [-0.2, -0.15) is 0 Å². The van der Waals surface area contributed by atoms with Crippen molar-refractivity contribution in [3.8, 4) is 0 Å². The highest BCUT2D eigenvalue weighted by Gasteiger charge is 2.23. The summed E-state index contributed by atoms with van der Waals surface area (Å²) in [5.41, 5.74) is 1.44. The average molecular weight is 247 g/mol. The molecule has 0 aliphatic carbocycles. The van der Waals surface area contributed by atoms with Gasteiger partial charge in [0.25, 0.3) is 0 Å². The highest BCUT2D eigenvalue weighted by Crippen LogP contribution is 2.26. The van der Waals surface area contributed by atoms with Crippen LogP contribution in [0, 0.1) is 0 Å². The summed E-state index contributed by atoms with van der Waals surface area (Å²) >= 11 is 0. The molecule has 3 nitrogen and oxygen atoms in total. The van der Waals surface area contributed by atoms with Crippen molar-refractivity contribution in [1.82, 2.24) is 4.90 Å². The number of esters is 1. The Morgan fingerprint density at radius 3 is 2.89 bits per heavy atom. The van der Waals surface area contributed by atoms with Crippen molar-refractivity contribution in [2.45, 2.75) is 25.2 Å². The number of ether oxygens (including phenoxy) is 1. The van der Waals surface area contributed by atoms with Gasteiger partial charge in [-0.25, -0.2) is 0 Å². The second kappa shape index (κ2) is 6.55. The zero-order valence-electron chi connectivity index (χ0n) is 11.0. The predicted molar refractivity (Wildman–Crippen MR) is 71.5 cm³/mol. The van der Waals surface area contributed by atoms with Crippen molar-refractivity contribution in [1.29, 1.82) is 0 Å². The van der Waals surface area contributed by atoms with Crippen LogP contribution >= 0.6 is 0 Å². The standard InChI is InChI=1S/C15H21NO2/c1-18-15(17)8-5-10-16-11-9-14(12-16)13-6-3-2-4-7-13/h2-4,6-7,14H,5,8-12H2,1H3. The SMILES string of the molecule is COC(=O)CCCN1CCC(c2ccccc2)C1. The molecule has 1 unspecified atom stereocenters. The molecule has 0 spiro atoms. The van der Waals surface area contributed by atoms with Gasteiger partial charge in [0, 0.05) is 13.0 Å². The summed E-state index contributed by atoms with van der Waals surface area (Å²) in [6.07, 6.45) is 2.65. The third-order valence-corrected chi connectivity index (χ3v) is 3.63. The van der Waals surface area contributed by atoms with E-state index in [0.29, 0.717) is 12.3 Å². The number of methoxy groups -OCH3 is 1. The van der Waals surface area contributed by atoms with E-state index in [1.54, 1.807) is 0 Å². The molecule has 0 aromatic heterocycles. The fourth-order valence-corrected chi connectivity index (χ4v) is 2.58. The number of hydrogen-bond acceptors (Lipinski definition) is 3. The van der Waals surface area contributed by atoms with Crippen molar-refractivity contribution in [2.24, 2.45) is 0 Å². The summed E-state index contributed by atoms with van der Waals surface area (Å²) in [5, 5.41) is 0. The summed E-state index contributed by atoms with van der Waals surface area (Å²) in [7, 11) is 1.45. The third kappa shape index (κ3) is 3.57. The van der Waals surface area contributed by atoms with E-state index in [9.17, 15) is 4.79 Å². The normalized spacial score (nSPS) is 19.9. The van der Waals surface area contributed by atoms with Crippen molar-refractivity contribution < 1.29 is 9.53 Å². The first kappa shape index (κ1) is 13.1. The van der Waals surface area contributed by atoms with Crippen LogP contribution in [0.25, 0.3) is 0 Å². The monoisotopic (exact) mass is 247 g/mol. The largest absolute Gasteiger partial charge is 0.469 e. The minimum atomic E-state index is -0.103. The number of hydrogen-bond donors (Lipinski definition) is 0. The third-order valence-electron chi connectivity index (χ3n) is 3.63. The molecule has 0 radical (unpaired) electrons. The molecule has 0 amide bonds. The Morgan fingerprint density at radius 1 is 1.39 bits per heavy atom. The zero-order valence-corrected chi connectivity index (χ0v) is 11.0. The van der Waals surface area contributed by atoms with Gasteiger partial charge in [-0.3, -0.25) is 4.79 Å². The van der Waals surface area contributed by atoms with Crippen LogP contribution in [-0.2, 0) is 9.53 Å². The maximum atomic E-state index is 11.0. The summed E-state index contributed by atoms with van der Waals surface area (Å²) in [6, 6.07) is 10.7. The highest BCUT2D eigenvalue weighted by molar-refractivity contribution is 5.69. The van der Waals surface area contributed by atoms with Crippen LogP contribution in [0.2, 0.25) is 0 Å². The average Bonchev–Trinajstić information content (AvgIpc) is 2.88. The van der Waals surface area contributed by atoms with Gasteiger partial charge in [0.15, 0.2) is 0 Å².